The number of aromatic nitrogens is 3. The fraction of sp³-hybridized carbons (Fsp3) is 0.765. The Morgan fingerprint density at radius 2 is 2.12 bits per heavy atom. The summed E-state index contributed by atoms with van der Waals surface area (Å²) in [5.74, 6) is 1.57. The van der Waals surface area contributed by atoms with E-state index in [0.717, 1.165) is 37.3 Å². The first-order valence-corrected chi connectivity index (χ1v) is 9.21. The number of rotatable bonds is 4. The lowest BCUT2D eigenvalue weighted by molar-refractivity contribution is -0.145. The summed E-state index contributed by atoms with van der Waals surface area (Å²) in [5.41, 5.74) is 5.58. The molecule has 3 rings (SSSR count). The molecule has 2 aliphatic heterocycles. The third-order valence-electron chi connectivity index (χ3n) is 5.07. The normalized spacial score (nSPS) is 23.0. The SMILES string of the molecule is CC(C)c1nc2n(n1)CC(NC(=O)C(=O)N1CCC(CCN)C1)CC2. The van der Waals surface area contributed by atoms with Crippen molar-refractivity contribution in [1.82, 2.24) is 25.0 Å². The molecule has 0 radical (unpaired) electrons. The van der Waals surface area contributed by atoms with Crippen LogP contribution in [-0.2, 0) is 22.6 Å². The smallest absolute Gasteiger partial charge is 0.311 e. The van der Waals surface area contributed by atoms with Gasteiger partial charge in [0.15, 0.2) is 5.82 Å². The zero-order chi connectivity index (χ0) is 18.0. The van der Waals surface area contributed by atoms with Crippen LogP contribution in [-0.4, -0.2) is 57.2 Å². The summed E-state index contributed by atoms with van der Waals surface area (Å²) in [6, 6.07) is -0.0758. The Morgan fingerprint density at radius 3 is 2.84 bits per heavy atom. The average molecular weight is 348 g/mol. The van der Waals surface area contributed by atoms with Gasteiger partial charge in [0.2, 0.25) is 0 Å². The molecule has 2 aliphatic rings. The third kappa shape index (κ3) is 4.00. The van der Waals surface area contributed by atoms with E-state index in [-0.39, 0.29) is 12.0 Å². The molecule has 0 bridgehead atoms. The molecule has 0 saturated carbocycles. The first-order valence-electron chi connectivity index (χ1n) is 9.21. The topological polar surface area (TPSA) is 106 Å². The van der Waals surface area contributed by atoms with E-state index in [1.807, 2.05) is 4.68 Å². The largest absolute Gasteiger partial charge is 0.343 e. The van der Waals surface area contributed by atoms with Crippen LogP contribution in [0.4, 0.5) is 0 Å². The summed E-state index contributed by atoms with van der Waals surface area (Å²) in [7, 11) is 0. The van der Waals surface area contributed by atoms with E-state index in [1.54, 1.807) is 4.90 Å². The van der Waals surface area contributed by atoms with E-state index in [2.05, 4.69) is 29.2 Å². The number of carbonyl (C=O) groups excluding carboxylic acids is 2. The first kappa shape index (κ1) is 17.8. The van der Waals surface area contributed by atoms with Gasteiger partial charge in [-0.25, -0.2) is 9.67 Å². The Bertz CT molecular complexity index is 641. The highest BCUT2D eigenvalue weighted by atomic mass is 16.2. The van der Waals surface area contributed by atoms with E-state index >= 15 is 0 Å². The summed E-state index contributed by atoms with van der Waals surface area (Å²) >= 11 is 0. The number of nitrogens with two attached hydrogens (primary N) is 1. The number of nitrogens with one attached hydrogen (secondary N) is 1. The third-order valence-corrected chi connectivity index (χ3v) is 5.07. The van der Waals surface area contributed by atoms with Gasteiger partial charge in [0.25, 0.3) is 0 Å². The standard InChI is InChI=1S/C17H28N6O2/c1-11(2)15-20-14-4-3-13(10-23(14)21-15)19-16(24)17(25)22-8-6-12(9-22)5-7-18/h11-13H,3-10,18H2,1-2H3,(H,19,24). The molecule has 138 valence electrons. The highest BCUT2D eigenvalue weighted by Crippen LogP contribution is 2.20. The van der Waals surface area contributed by atoms with Crippen LogP contribution in [0.1, 0.15) is 50.7 Å². The lowest BCUT2D eigenvalue weighted by Crippen LogP contribution is -2.48. The quantitative estimate of drug-likeness (QED) is 0.747. The first-order chi connectivity index (χ1) is 12.0. The second kappa shape index (κ2) is 7.51. The van der Waals surface area contributed by atoms with Gasteiger partial charge in [-0.3, -0.25) is 9.59 Å². The monoisotopic (exact) mass is 348 g/mol. The van der Waals surface area contributed by atoms with E-state index in [4.69, 9.17) is 5.73 Å². The van der Waals surface area contributed by atoms with E-state index in [1.165, 1.54) is 0 Å². The maximum Gasteiger partial charge on any atom is 0.311 e. The lowest BCUT2D eigenvalue weighted by atomic mass is 10.1. The molecule has 2 atom stereocenters. The summed E-state index contributed by atoms with van der Waals surface area (Å²) in [6.45, 7) is 6.61. The molecule has 8 nitrogen and oxygen atoms in total. The van der Waals surface area contributed by atoms with Crippen molar-refractivity contribution in [3.8, 4) is 0 Å². The molecule has 1 aromatic rings. The summed E-state index contributed by atoms with van der Waals surface area (Å²) < 4.78 is 1.86. The van der Waals surface area contributed by atoms with Gasteiger partial charge in [0.1, 0.15) is 5.82 Å². The van der Waals surface area contributed by atoms with Crippen molar-refractivity contribution in [2.24, 2.45) is 11.7 Å². The van der Waals surface area contributed by atoms with Gasteiger partial charge in [-0.05, 0) is 31.7 Å². The van der Waals surface area contributed by atoms with Crippen LogP contribution >= 0.6 is 0 Å². The van der Waals surface area contributed by atoms with Gasteiger partial charge in [-0.1, -0.05) is 13.8 Å². The van der Waals surface area contributed by atoms with E-state index in [0.29, 0.717) is 32.1 Å². The fourth-order valence-corrected chi connectivity index (χ4v) is 3.57. The summed E-state index contributed by atoms with van der Waals surface area (Å²) in [4.78, 5) is 30.9. The Morgan fingerprint density at radius 1 is 1.32 bits per heavy atom. The van der Waals surface area contributed by atoms with Gasteiger partial charge in [-0.2, -0.15) is 5.10 Å². The maximum atomic E-state index is 12.4. The minimum Gasteiger partial charge on any atom is -0.343 e. The van der Waals surface area contributed by atoms with Crippen molar-refractivity contribution >= 4 is 11.8 Å². The Kier molecular flexibility index (Phi) is 5.36. The van der Waals surface area contributed by atoms with E-state index < -0.39 is 11.8 Å². The Hall–Kier alpha value is -1.96. The molecule has 2 unspecified atom stereocenters. The molecule has 3 N–H and O–H groups in total. The van der Waals surface area contributed by atoms with Crippen LogP contribution in [0.25, 0.3) is 0 Å². The van der Waals surface area contributed by atoms with Gasteiger partial charge < -0.3 is 16.0 Å². The van der Waals surface area contributed by atoms with Gasteiger partial charge >= 0.3 is 11.8 Å². The number of likely N-dealkylation sites (tertiary alicyclic amines) is 1. The minimum absolute atomic E-state index is 0.0758. The summed E-state index contributed by atoms with van der Waals surface area (Å²) in [5, 5.41) is 7.39. The van der Waals surface area contributed by atoms with Crippen LogP contribution in [0, 0.1) is 5.92 Å². The van der Waals surface area contributed by atoms with Crippen molar-refractivity contribution in [2.75, 3.05) is 19.6 Å². The molecular weight excluding hydrogens is 320 g/mol. The van der Waals surface area contributed by atoms with Gasteiger partial charge in [-0.15, -0.1) is 0 Å². The van der Waals surface area contributed by atoms with Crippen LogP contribution in [0.5, 0.6) is 0 Å². The maximum absolute atomic E-state index is 12.4. The highest BCUT2D eigenvalue weighted by molar-refractivity contribution is 6.35. The molecule has 8 heteroatoms. The number of aryl methyl sites for hydroxylation is 1. The number of hydrogen-bond donors (Lipinski definition) is 2. The molecule has 0 aromatic carbocycles. The molecular formula is C17H28N6O2. The van der Waals surface area contributed by atoms with Crippen LogP contribution in [0.3, 0.4) is 0 Å². The van der Waals surface area contributed by atoms with Crippen LogP contribution in [0.15, 0.2) is 0 Å². The van der Waals surface area contributed by atoms with Crippen LogP contribution in [0.2, 0.25) is 0 Å². The second-order valence-electron chi connectivity index (χ2n) is 7.42. The number of fused-ring (bicyclic) bond motifs is 1. The molecule has 0 spiro atoms. The summed E-state index contributed by atoms with van der Waals surface area (Å²) in [6.07, 6.45) is 3.38. The zero-order valence-corrected chi connectivity index (χ0v) is 15.1. The second-order valence-corrected chi connectivity index (χ2v) is 7.42. The minimum atomic E-state index is -0.508. The Labute approximate surface area is 148 Å². The van der Waals surface area contributed by atoms with Crippen molar-refractivity contribution in [3.63, 3.8) is 0 Å². The zero-order valence-electron chi connectivity index (χ0n) is 15.1. The number of nitrogens with zero attached hydrogens (tertiary/aromatic N) is 4. The van der Waals surface area contributed by atoms with Gasteiger partial charge in [0.05, 0.1) is 6.54 Å². The Balaban J connectivity index is 1.54. The fourth-order valence-electron chi connectivity index (χ4n) is 3.57. The molecule has 1 fully saturated rings. The molecule has 2 amide bonds. The van der Waals surface area contributed by atoms with E-state index in [9.17, 15) is 9.59 Å². The molecule has 1 aromatic heterocycles. The van der Waals surface area contributed by atoms with Crippen molar-refractivity contribution in [2.45, 2.75) is 58.0 Å². The van der Waals surface area contributed by atoms with Crippen molar-refractivity contribution < 1.29 is 9.59 Å². The number of amides is 2. The highest BCUT2D eigenvalue weighted by Gasteiger charge is 2.31. The number of carbonyl (C=O) groups is 2. The lowest BCUT2D eigenvalue weighted by Gasteiger charge is -2.24. The molecule has 25 heavy (non-hydrogen) atoms. The predicted octanol–water partition coefficient (Wildman–Crippen LogP) is 0.0298. The van der Waals surface area contributed by atoms with Gasteiger partial charge in [0, 0.05) is 31.5 Å². The molecule has 0 aliphatic carbocycles. The van der Waals surface area contributed by atoms with Crippen LogP contribution < -0.4 is 11.1 Å². The van der Waals surface area contributed by atoms with Crippen molar-refractivity contribution in [3.05, 3.63) is 11.6 Å². The average Bonchev–Trinajstić information content (AvgIpc) is 3.20. The predicted molar refractivity (Wildman–Crippen MR) is 92.7 cm³/mol. The molecule has 1 saturated heterocycles. The molecule has 3 heterocycles. The number of hydrogen-bond acceptors (Lipinski definition) is 5. The van der Waals surface area contributed by atoms with Crippen molar-refractivity contribution in [1.29, 1.82) is 0 Å².